The third-order valence-electron chi connectivity index (χ3n) is 3.16. The Balaban J connectivity index is 2.66. The molecule has 0 aliphatic rings. The number of alkyl halides is 1. The van der Waals surface area contributed by atoms with Crippen LogP contribution in [0.1, 0.15) is 34.1 Å². The molecule has 0 heterocycles. The van der Waals surface area contributed by atoms with Crippen LogP contribution in [0, 0.1) is 11.3 Å². The van der Waals surface area contributed by atoms with Gasteiger partial charge in [-0.1, -0.05) is 55.8 Å². The van der Waals surface area contributed by atoms with E-state index in [0.717, 1.165) is 29.9 Å². The molecule has 3 heteroatoms. The second-order valence-electron chi connectivity index (χ2n) is 5.82. The number of halogens is 1. The fourth-order valence-electron chi connectivity index (χ4n) is 1.62. The quantitative estimate of drug-likeness (QED) is 0.662. The normalized spacial score (nSPS) is 13.1. The topological polar surface area (TPSA) is 18.5 Å². The van der Waals surface area contributed by atoms with E-state index >= 15 is 0 Å². The van der Waals surface area contributed by atoms with Crippen molar-refractivity contribution < 1.29 is 9.47 Å². The zero-order chi connectivity index (χ0) is 14.3. The van der Waals surface area contributed by atoms with Gasteiger partial charge in [-0.15, -0.1) is 0 Å². The highest BCUT2D eigenvalue weighted by atomic mass is 79.9. The molecule has 19 heavy (non-hydrogen) atoms. The van der Waals surface area contributed by atoms with Gasteiger partial charge in [0.05, 0.1) is 13.2 Å². The molecule has 0 saturated heterocycles. The first-order chi connectivity index (χ1) is 8.99. The molecular formula is C16H25BrO2. The minimum absolute atomic E-state index is 0.225. The van der Waals surface area contributed by atoms with Crippen molar-refractivity contribution in [2.24, 2.45) is 11.3 Å². The molecule has 0 spiro atoms. The van der Waals surface area contributed by atoms with Crippen molar-refractivity contribution in [3.8, 4) is 11.5 Å². The summed E-state index contributed by atoms with van der Waals surface area (Å²) < 4.78 is 11.7. The smallest absolute Gasteiger partial charge is 0.161 e. The largest absolute Gasteiger partial charge is 0.490 e. The van der Waals surface area contributed by atoms with Gasteiger partial charge in [0.1, 0.15) is 0 Å². The highest BCUT2D eigenvalue weighted by Crippen LogP contribution is 2.31. The van der Waals surface area contributed by atoms with Gasteiger partial charge in [0.2, 0.25) is 0 Å². The van der Waals surface area contributed by atoms with E-state index < -0.39 is 0 Å². The summed E-state index contributed by atoms with van der Waals surface area (Å²) in [6.45, 7) is 10.2. The molecule has 0 aromatic heterocycles. The summed E-state index contributed by atoms with van der Waals surface area (Å²) in [6, 6.07) is 7.89. The molecular weight excluding hydrogens is 304 g/mol. The third kappa shape index (κ3) is 5.43. The van der Waals surface area contributed by atoms with Gasteiger partial charge in [-0.25, -0.2) is 0 Å². The molecule has 0 amide bonds. The van der Waals surface area contributed by atoms with Crippen LogP contribution in [0.5, 0.6) is 11.5 Å². The van der Waals surface area contributed by atoms with E-state index in [4.69, 9.17) is 9.47 Å². The highest BCUT2D eigenvalue weighted by Gasteiger charge is 2.24. The van der Waals surface area contributed by atoms with Crippen LogP contribution in [0.3, 0.4) is 0 Å². The number of para-hydroxylation sites is 2. The van der Waals surface area contributed by atoms with Crippen molar-refractivity contribution in [1.82, 2.24) is 0 Å². The summed E-state index contributed by atoms with van der Waals surface area (Å²) in [4.78, 5) is 0. The Morgan fingerprint density at radius 1 is 1.11 bits per heavy atom. The summed E-state index contributed by atoms with van der Waals surface area (Å²) in [5.41, 5.74) is 0.225. The van der Waals surface area contributed by atoms with Crippen LogP contribution in [0.25, 0.3) is 0 Å². The molecule has 0 N–H and O–H groups in total. The maximum Gasteiger partial charge on any atom is 0.161 e. The Morgan fingerprint density at radius 2 is 1.68 bits per heavy atom. The van der Waals surface area contributed by atoms with Crippen molar-refractivity contribution in [2.45, 2.75) is 34.1 Å². The summed E-state index contributed by atoms with van der Waals surface area (Å²) >= 11 is 3.57. The molecule has 0 saturated carbocycles. The SMILES string of the molecule is CCCOc1ccccc1OCC(CBr)C(C)(C)C. The lowest BCUT2D eigenvalue weighted by Crippen LogP contribution is -2.28. The van der Waals surface area contributed by atoms with E-state index in [1.54, 1.807) is 0 Å². The Hall–Kier alpha value is -0.700. The number of ether oxygens (including phenoxy) is 2. The van der Waals surface area contributed by atoms with Crippen molar-refractivity contribution >= 4 is 15.9 Å². The summed E-state index contributed by atoms with van der Waals surface area (Å²) in [6.07, 6.45) is 1.00. The third-order valence-corrected chi connectivity index (χ3v) is 3.94. The Labute approximate surface area is 125 Å². The molecule has 1 rings (SSSR count). The van der Waals surface area contributed by atoms with Gasteiger partial charge >= 0.3 is 0 Å². The number of rotatable bonds is 7. The van der Waals surface area contributed by atoms with Crippen LogP contribution in [0.2, 0.25) is 0 Å². The lowest BCUT2D eigenvalue weighted by molar-refractivity contribution is 0.160. The van der Waals surface area contributed by atoms with E-state index in [1.165, 1.54) is 0 Å². The number of benzene rings is 1. The van der Waals surface area contributed by atoms with Crippen LogP contribution < -0.4 is 9.47 Å². The van der Waals surface area contributed by atoms with Gasteiger partial charge in [-0.3, -0.25) is 0 Å². The number of hydrogen-bond donors (Lipinski definition) is 0. The predicted octanol–water partition coefficient (Wildman–Crippen LogP) is 4.91. The molecule has 0 radical (unpaired) electrons. The molecule has 1 unspecified atom stereocenters. The predicted molar refractivity (Wildman–Crippen MR) is 84.5 cm³/mol. The van der Waals surface area contributed by atoms with Gasteiger partial charge < -0.3 is 9.47 Å². The Bertz CT molecular complexity index is 371. The van der Waals surface area contributed by atoms with Crippen molar-refractivity contribution in [1.29, 1.82) is 0 Å². The van der Waals surface area contributed by atoms with Gasteiger partial charge in [-0.05, 0) is 24.0 Å². The molecule has 1 aromatic carbocycles. The van der Waals surface area contributed by atoms with Crippen molar-refractivity contribution in [2.75, 3.05) is 18.5 Å². The second-order valence-corrected chi connectivity index (χ2v) is 6.47. The first-order valence-electron chi connectivity index (χ1n) is 6.89. The van der Waals surface area contributed by atoms with Crippen LogP contribution in [0.15, 0.2) is 24.3 Å². The Morgan fingerprint density at radius 3 is 2.16 bits per heavy atom. The van der Waals surface area contributed by atoms with Crippen molar-refractivity contribution in [3.05, 3.63) is 24.3 Å². The fourth-order valence-corrected chi connectivity index (χ4v) is 2.78. The maximum atomic E-state index is 5.96. The molecule has 2 nitrogen and oxygen atoms in total. The van der Waals surface area contributed by atoms with Gasteiger partial charge in [0, 0.05) is 11.2 Å². The molecule has 0 aliphatic heterocycles. The molecule has 0 aliphatic carbocycles. The first-order valence-corrected chi connectivity index (χ1v) is 8.01. The maximum absolute atomic E-state index is 5.96. The monoisotopic (exact) mass is 328 g/mol. The van der Waals surface area contributed by atoms with E-state index in [0.29, 0.717) is 12.5 Å². The van der Waals surface area contributed by atoms with Crippen LogP contribution in [-0.4, -0.2) is 18.5 Å². The average Bonchev–Trinajstić information content (AvgIpc) is 2.36. The van der Waals surface area contributed by atoms with Gasteiger partial charge in [0.25, 0.3) is 0 Å². The van der Waals surface area contributed by atoms with Crippen LogP contribution >= 0.6 is 15.9 Å². The lowest BCUT2D eigenvalue weighted by atomic mass is 9.83. The molecule has 0 fully saturated rings. The van der Waals surface area contributed by atoms with E-state index in [1.807, 2.05) is 24.3 Å². The Kier molecular flexibility index (Phi) is 6.70. The van der Waals surface area contributed by atoms with Gasteiger partial charge in [0.15, 0.2) is 11.5 Å². The van der Waals surface area contributed by atoms with E-state index in [-0.39, 0.29) is 5.41 Å². The summed E-state index contributed by atoms with van der Waals surface area (Å²) in [7, 11) is 0. The lowest BCUT2D eigenvalue weighted by Gasteiger charge is -2.29. The minimum Gasteiger partial charge on any atom is -0.490 e. The molecule has 1 atom stereocenters. The van der Waals surface area contributed by atoms with Crippen LogP contribution in [-0.2, 0) is 0 Å². The molecule has 0 bridgehead atoms. The molecule has 108 valence electrons. The van der Waals surface area contributed by atoms with Crippen LogP contribution in [0.4, 0.5) is 0 Å². The average molecular weight is 329 g/mol. The number of hydrogen-bond acceptors (Lipinski definition) is 2. The van der Waals surface area contributed by atoms with E-state index in [2.05, 4.69) is 43.6 Å². The highest BCUT2D eigenvalue weighted by molar-refractivity contribution is 9.09. The van der Waals surface area contributed by atoms with Crippen molar-refractivity contribution in [3.63, 3.8) is 0 Å². The van der Waals surface area contributed by atoms with E-state index in [9.17, 15) is 0 Å². The minimum atomic E-state index is 0.225. The second kappa shape index (κ2) is 7.78. The standard InChI is InChI=1S/C16H25BrO2/c1-5-10-18-14-8-6-7-9-15(14)19-12-13(11-17)16(2,3)4/h6-9,13H,5,10-12H2,1-4H3. The van der Waals surface area contributed by atoms with Gasteiger partial charge in [-0.2, -0.15) is 0 Å². The zero-order valence-electron chi connectivity index (χ0n) is 12.4. The first kappa shape index (κ1) is 16.4. The summed E-state index contributed by atoms with van der Waals surface area (Å²) in [5, 5.41) is 0.939. The zero-order valence-corrected chi connectivity index (χ0v) is 14.0. The molecule has 1 aromatic rings. The summed E-state index contributed by atoms with van der Waals surface area (Å²) in [5.74, 6) is 2.14. The fraction of sp³-hybridized carbons (Fsp3) is 0.625.